The van der Waals surface area contributed by atoms with Gasteiger partial charge in [-0.3, -0.25) is 9.59 Å². The van der Waals surface area contributed by atoms with Crippen molar-refractivity contribution in [2.75, 3.05) is 13.7 Å². The van der Waals surface area contributed by atoms with Crippen molar-refractivity contribution in [2.45, 2.75) is 97.3 Å². The number of hydrogen-bond acceptors (Lipinski definition) is 8. The molecule has 1 amide bonds. The molecule has 3 heterocycles. The molecule has 2 bridgehead atoms. The number of amides is 1. The number of carbonyl (C=O) groups is 3. The van der Waals surface area contributed by atoms with Gasteiger partial charge in [0.25, 0.3) is 0 Å². The van der Waals surface area contributed by atoms with Crippen LogP contribution in [0.2, 0.25) is 0 Å². The van der Waals surface area contributed by atoms with Crippen LogP contribution in [0.25, 0.3) is 11.0 Å². The quantitative estimate of drug-likeness (QED) is 0.348. The second-order valence-electron chi connectivity index (χ2n) is 14.3. The van der Waals surface area contributed by atoms with Gasteiger partial charge in [-0.25, -0.2) is 9.97 Å². The number of aldehydes is 1. The van der Waals surface area contributed by atoms with Gasteiger partial charge in [-0.2, -0.15) is 0 Å². The van der Waals surface area contributed by atoms with Gasteiger partial charge >= 0.3 is 5.97 Å². The third-order valence-corrected chi connectivity index (χ3v) is 10.4. The van der Waals surface area contributed by atoms with Crippen LogP contribution in [0.15, 0.2) is 18.2 Å². The van der Waals surface area contributed by atoms with Crippen LogP contribution in [0.5, 0.6) is 11.6 Å². The van der Waals surface area contributed by atoms with Gasteiger partial charge in [-0.15, -0.1) is 0 Å². The Morgan fingerprint density at radius 1 is 1.00 bits per heavy atom. The van der Waals surface area contributed by atoms with E-state index in [9.17, 15) is 14.4 Å². The van der Waals surface area contributed by atoms with Gasteiger partial charge in [-0.05, 0) is 67.4 Å². The summed E-state index contributed by atoms with van der Waals surface area (Å²) in [4.78, 5) is 51.3. The predicted molar refractivity (Wildman–Crippen MR) is 161 cm³/mol. The van der Waals surface area contributed by atoms with E-state index in [0.717, 1.165) is 49.6 Å². The number of methoxy groups -OCH3 is 1. The van der Waals surface area contributed by atoms with Crippen LogP contribution in [0.4, 0.5) is 0 Å². The number of fused-ring (bicyclic) bond motifs is 7. The highest BCUT2D eigenvalue weighted by Gasteiger charge is 2.54. The van der Waals surface area contributed by atoms with Gasteiger partial charge in [0.1, 0.15) is 29.9 Å². The number of esters is 1. The lowest BCUT2D eigenvalue weighted by molar-refractivity contribution is -0.158. The Morgan fingerprint density at radius 2 is 1.81 bits per heavy atom. The van der Waals surface area contributed by atoms with Crippen LogP contribution in [0.1, 0.15) is 78.3 Å². The normalized spacial score (nSPS) is 33.4. The first-order valence-electron chi connectivity index (χ1n) is 16.0. The van der Waals surface area contributed by atoms with E-state index in [1.807, 2.05) is 45.9 Å². The highest BCUT2D eigenvalue weighted by molar-refractivity contribution is 5.87. The lowest BCUT2D eigenvalue weighted by Crippen LogP contribution is -2.46. The van der Waals surface area contributed by atoms with Crippen LogP contribution >= 0.6 is 0 Å². The van der Waals surface area contributed by atoms with Crippen LogP contribution < -0.4 is 9.47 Å². The summed E-state index contributed by atoms with van der Waals surface area (Å²) in [5.74, 6) is 1.45. The number of rotatable bonds is 2. The Balaban J connectivity index is 1.34. The molecular weight excluding hydrogens is 546 g/mol. The van der Waals surface area contributed by atoms with E-state index in [1.165, 1.54) is 6.42 Å². The zero-order valence-electron chi connectivity index (χ0n) is 26.1. The standard InChI is InChI=1S/C34H45N3O6/c1-19-28(18-38)37-17-30(19)43-32-26(35-25-12-11-21(41-5)15-27(25)36-32)10-8-6-7-9-22-23-13-20(23)14-29(22)42-31(39)16-24(33(37)40)34(2,3)4/h11-12,15,18-20,22-24,28-30H,6-10,13-14,16-17H2,1-5H3/t19-,20?,22+,23?,24+,28+,29+,30-/m0/s1. The molecule has 0 spiro atoms. The Hall–Kier alpha value is -3.23. The predicted octanol–water partition coefficient (Wildman–Crippen LogP) is 5.17. The van der Waals surface area contributed by atoms with E-state index in [1.54, 1.807) is 12.0 Å². The Bertz CT molecular complexity index is 1390. The van der Waals surface area contributed by atoms with Gasteiger partial charge in [-0.1, -0.05) is 40.5 Å². The maximum absolute atomic E-state index is 14.1. The van der Waals surface area contributed by atoms with Crippen LogP contribution in [-0.2, 0) is 25.5 Å². The average molecular weight is 592 g/mol. The number of hydrogen-bond donors (Lipinski definition) is 0. The first-order chi connectivity index (χ1) is 20.6. The maximum atomic E-state index is 14.1. The van der Waals surface area contributed by atoms with Crippen molar-refractivity contribution in [1.29, 1.82) is 0 Å². The Labute approximate surface area is 254 Å². The summed E-state index contributed by atoms with van der Waals surface area (Å²) >= 11 is 0. The Kier molecular flexibility index (Phi) is 8.11. The van der Waals surface area contributed by atoms with E-state index in [-0.39, 0.29) is 36.9 Å². The van der Waals surface area contributed by atoms with Gasteiger partial charge in [0.2, 0.25) is 11.8 Å². The SMILES string of the molecule is COc1ccc2nc3c(nc2c1)O[C@H]1CN(C(=O)[C@H](C(C)(C)C)CC(=O)O[C@@H]2CC4CC4[C@H]2CCCCC3)[C@H](C=O)[C@@H]1C. The van der Waals surface area contributed by atoms with Crippen LogP contribution in [-0.4, -0.2) is 64.9 Å². The van der Waals surface area contributed by atoms with E-state index >= 15 is 0 Å². The van der Waals surface area contributed by atoms with Crippen molar-refractivity contribution in [3.05, 3.63) is 23.9 Å². The molecule has 6 rings (SSSR count). The molecule has 1 aromatic heterocycles. The summed E-state index contributed by atoms with van der Waals surface area (Å²) in [6.07, 6.45) is 7.30. The molecule has 2 saturated carbocycles. The van der Waals surface area contributed by atoms with Crippen molar-refractivity contribution in [3.8, 4) is 11.6 Å². The molecule has 2 aliphatic carbocycles. The smallest absolute Gasteiger partial charge is 0.306 e. The number of aryl methyl sites for hydroxylation is 1. The molecule has 232 valence electrons. The lowest BCUT2D eigenvalue weighted by Gasteiger charge is -2.34. The van der Waals surface area contributed by atoms with Crippen LogP contribution in [0.3, 0.4) is 0 Å². The molecule has 3 fully saturated rings. The van der Waals surface area contributed by atoms with Crippen molar-refractivity contribution in [3.63, 3.8) is 0 Å². The highest BCUT2D eigenvalue weighted by atomic mass is 16.5. The second-order valence-corrected chi connectivity index (χ2v) is 14.3. The maximum Gasteiger partial charge on any atom is 0.306 e. The van der Waals surface area contributed by atoms with Crippen molar-refractivity contribution < 1.29 is 28.6 Å². The summed E-state index contributed by atoms with van der Waals surface area (Å²) < 4.78 is 18.1. The van der Waals surface area contributed by atoms with E-state index in [4.69, 9.17) is 24.2 Å². The largest absolute Gasteiger partial charge is 0.497 e. The molecular formula is C34H45N3O6. The third kappa shape index (κ3) is 5.96. The summed E-state index contributed by atoms with van der Waals surface area (Å²) in [5.41, 5.74) is 1.74. The lowest BCUT2D eigenvalue weighted by atomic mass is 9.77. The number of benzene rings is 1. The van der Waals surface area contributed by atoms with E-state index in [0.29, 0.717) is 41.3 Å². The zero-order valence-corrected chi connectivity index (χ0v) is 26.1. The molecule has 2 unspecified atom stereocenters. The summed E-state index contributed by atoms with van der Waals surface area (Å²) in [6, 6.07) is 4.97. The second kappa shape index (κ2) is 11.7. The highest BCUT2D eigenvalue weighted by Crippen LogP contribution is 2.58. The topological polar surface area (TPSA) is 108 Å². The molecule has 9 heteroatoms. The fourth-order valence-electron chi connectivity index (χ4n) is 7.69. The molecule has 2 aliphatic heterocycles. The molecule has 1 saturated heterocycles. The number of ether oxygens (including phenoxy) is 3. The molecule has 2 aromatic rings. The van der Waals surface area contributed by atoms with E-state index in [2.05, 4.69) is 0 Å². The molecule has 0 radical (unpaired) electrons. The minimum atomic E-state index is -0.663. The third-order valence-electron chi connectivity index (χ3n) is 10.4. The van der Waals surface area contributed by atoms with Crippen molar-refractivity contribution >= 4 is 29.2 Å². The first kappa shape index (κ1) is 29.8. The van der Waals surface area contributed by atoms with Crippen LogP contribution in [0, 0.1) is 35.0 Å². The zero-order chi connectivity index (χ0) is 30.5. The first-order valence-corrected chi connectivity index (χ1v) is 16.0. The van der Waals surface area contributed by atoms with Gasteiger partial charge in [0.05, 0.1) is 43.1 Å². The molecule has 1 aromatic carbocycles. The van der Waals surface area contributed by atoms with Gasteiger partial charge < -0.3 is 23.9 Å². The van der Waals surface area contributed by atoms with Crippen molar-refractivity contribution in [1.82, 2.24) is 14.9 Å². The minimum Gasteiger partial charge on any atom is -0.497 e. The number of carbonyl (C=O) groups excluding carboxylic acids is 3. The average Bonchev–Trinajstić information content (AvgIpc) is 3.55. The van der Waals surface area contributed by atoms with Gasteiger partial charge in [0.15, 0.2) is 0 Å². The Morgan fingerprint density at radius 3 is 2.56 bits per heavy atom. The van der Waals surface area contributed by atoms with E-state index < -0.39 is 23.5 Å². The molecule has 43 heavy (non-hydrogen) atoms. The number of nitrogens with zero attached hydrogens (tertiary/aromatic N) is 3. The fourth-order valence-corrected chi connectivity index (χ4v) is 7.69. The molecule has 8 atom stereocenters. The monoisotopic (exact) mass is 591 g/mol. The van der Waals surface area contributed by atoms with Gasteiger partial charge in [0, 0.05) is 12.0 Å². The van der Waals surface area contributed by atoms with Crippen molar-refractivity contribution in [2.24, 2.45) is 35.0 Å². The number of aromatic nitrogens is 2. The summed E-state index contributed by atoms with van der Waals surface area (Å²) in [6.45, 7) is 8.07. The molecule has 4 aliphatic rings. The summed E-state index contributed by atoms with van der Waals surface area (Å²) in [5, 5.41) is 0. The fraction of sp³-hybridized carbons (Fsp3) is 0.676. The minimum absolute atomic E-state index is 0.00496. The summed E-state index contributed by atoms with van der Waals surface area (Å²) in [7, 11) is 1.62. The molecule has 0 N–H and O–H groups in total. The molecule has 9 nitrogen and oxygen atoms in total.